The summed E-state index contributed by atoms with van der Waals surface area (Å²) in [4.78, 5) is 0.296. The number of nitrogens with zero attached hydrogens (tertiary/aromatic N) is 1. The van der Waals surface area contributed by atoms with E-state index in [0.29, 0.717) is 9.85 Å². The van der Waals surface area contributed by atoms with Gasteiger partial charge in [0.05, 0.1) is 5.39 Å². The van der Waals surface area contributed by atoms with Gasteiger partial charge >= 0.3 is 0 Å². The average molecular weight is 337 g/mol. The zero-order valence-corrected chi connectivity index (χ0v) is 12.6. The smallest absolute Gasteiger partial charge is 0.167 e. The molecule has 0 N–H and O–H groups in total. The largest absolute Gasteiger partial charge is 0.356 e. The van der Waals surface area contributed by atoms with E-state index in [1.807, 2.05) is 36.4 Å². The monoisotopic (exact) mass is 335 g/mol. The van der Waals surface area contributed by atoms with Crippen molar-refractivity contribution in [2.45, 2.75) is 11.8 Å². The van der Waals surface area contributed by atoms with Crippen molar-refractivity contribution in [3.05, 3.63) is 53.1 Å². The van der Waals surface area contributed by atoms with Crippen molar-refractivity contribution < 1.29 is 4.52 Å². The summed E-state index contributed by atoms with van der Waals surface area (Å²) in [5.74, 6) is 0. The van der Waals surface area contributed by atoms with Gasteiger partial charge in [-0.2, -0.15) is 0 Å². The van der Waals surface area contributed by atoms with Crippen LogP contribution in [0.4, 0.5) is 0 Å². The van der Waals surface area contributed by atoms with Gasteiger partial charge in [0.25, 0.3) is 0 Å². The SMILES string of the molecule is C[C@@H](Br)c1ccc2onc(-c3ccc(Cl)cc3)c2c1. The van der Waals surface area contributed by atoms with Gasteiger partial charge in [0, 0.05) is 15.4 Å². The Balaban J connectivity index is 2.18. The lowest BCUT2D eigenvalue weighted by Crippen LogP contribution is -1.83. The molecule has 3 rings (SSSR count). The molecule has 0 aliphatic rings. The highest BCUT2D eigenvalue weighted by molar-refractivity contribution is 9.09. The molecule has 0 amide bonds. The number of benzene rings is 2. The summed E-state index contributed by atoms with van der Waals surface area (Å²) in [5.41, 5.74) is 3.84. The second kappa shape index (κ2) is 4.99. The minimum Gasteiger partial charge on any atom is -0.356 e. The van der Waals surface area contributed by atoms with E-state index < -0.39 is 0 Å². The highest BCUT2D eigenvalue weighted by atomic mass is 79.9. The second-order valence-electron chi connectivity index (χ2n) is 4.41. The summed E-state index contributed by atoms with van der Waals surface area (Å²) >= 11 is 9.49. The zero-order chi connectivity index (χ0) is 13.4. The highest BCUT2D eigenvalue weighted by Gasteiger charge is 2.12. The summed E-state index contributed by atoms with van der Waals surface area (Å²) in [6, 6.07) is 13.7. The molecule has 2 aromatic carbocycles. The van der Waals surface area contributed by atoms with E-state index in [0.717, 1.165) is 22.2 Å². The molecule has 2 nitrogen and oxygen atoms in total. The van der Waals surface area contributed by atoms with Gasteiger partial charge in [-0.25, -0.2) is 0 Å². The molecule has 0 aliphatic heterocycles. The fraction of sp³-hybridized carbons (Fsp3) is 0.133. The van der Waals surface area contributed by atoms with Crippen LogP contribution in [0.3, 0.4) is 0 Å². The number of aromatic nitrogens is 1. The van der Waals surface area contributed by atoms with E-state index in [-0.39, 0.29) is 0 Å². The van der Waals surface area contributed by atoms with E-state index in [1.165, 1.54) is 5.56 Å². The highest BCUT2D eigenvalue weighted by Crippen LogP contribution is 2.32. The fourth-order valence-corrected chi connectivity index (χ4v) is 2.43. The molecule has 0 bridgehead atoms. The van der Waals surface area contributed by atoms with E-state index in [1.54, 1.807) is 0 Å². The van der Waals surface area contributed by atoms with E-state index in [2.05, 4.69) is 34.1 Å². The lowest BCUT2D eigenvalue weighted by Gasteiger charge is -2.03. The van der Waals surface area contributed by atoms with E-state index >= 15 is 0 Å². The number of fused-ring (bicyclic) bond motifs is 1. The zero-order valence-electron chi connectivity index (χ0n) is 10.2. The maximum Gasteiger partial charge on any atom is 0.167 e. The predicted octanol–water partition coefficient (Wildman–Crippen LogP) is 5.60. The summed E-state index contributed by atoms with van der Waals surface area (Å²) < 4.78 is 5.37. The van der Waals surface area contributed by atoms with Crippen molar-refractivity contribution in [3.63, 3.8) is 0 Å². The van der Waals surface area contributed by atoms with Gasteiger partial charge < -0.3 is 4.52 Å². The Morgan fingerprint density at radius 2 is 1.89 bits per heavy atom. The number of halogens is 2. The van der Waals surface area contributed by atoms with Crippen LogP contribution < -0.4 is 0 Å². The molecule has 4 heteroatoms. The van der Waals surface area contributed by atoms with E-state index in [9.17, 15) is 0 Å². The molecule has 1 heterocycles. The van der Waals surface area contributed by atoms with Gasteiger partial charge in [0.2, 0.25) is 0 Å². The molecule has 0 aliphatic carbocycles. The summed E-state index contributed by atoms with van der Waals surface area (Å²) in [6.45, 7) is 2.09. The van der Waals surface area contributed by atoms with Crippen molar-refractivity contribution in [2.75, 3.05) is 0 Å². The average Bonchev–Trinajstić information content (AvgIpc) is 2.82. The van der Waals surface area contributed by atoms with Gasteiger partial charge in [-0.05, 0) is 36.8 Å². The lowest BCUT2D eigenvalue weighted by molar-refractivity contribution is 0.459. The Hall–Kier alpha value is -1.32. The van der Waals surface area contributed by atoms with Gasteiger partial charge in [0.15, 0.2) is 5.58 Å². The third kappa shape index (κ3) is 2.40. The van der Waals surface area contributed by atoms with Crippen molar-refractivity contribution >= 4 is 38.5 Å². The van der Waals surface area contributed by atoms with Crippen LogP contribution in [-0.2, 0) is 0 Å². The normalized spacial score (nSPS) is 12.8. The number of hydrogen-bond acceptors (Lipinski definition) is 2. The van der Waals surface area contributed by atoms with Crippen LogP contribution in [0.2, 0.25) is 5.02 Å². The first-order chi connectivity index (χ1) is 9.15. The second-order valence-corrected chi connectivity index (χ2v) is 6.22. The molecule has 0 spiro atoms. The van der Waals surface area contributed by atoms with Crippen LogP contribution >= 0.6 is 27.5 Å². The minimum atomic E-state index is 0.296. The lowest BCUT2D eigenvalue weighted by atomic mass is 10.0. The Morgan fingerprint density at radius 3 is 2.58 bits per heavy atom. The first-order valence-electron chi connectivity index (χ1n) is 5.94. The van der Waals surface area contributed by atoms with Crippen molar-refractivity contribution in [2.24, 2.45) is 0 Å². The maximum absolute atomic E-state index is 5.91. The minimum absolute atomic E-state index is 0.296. The summed E-state index contributed by atoms with van der Waals surface area (Å²) in [5, 5.41) is 5.90. The standard InChI is InChI=1S/C15H11BrClNO/c1-9(16)11-4-7-14-13(8-11)15(18-19-14)10-2-5-12(17)6-3-10/h2-9H,1H3/t9-/m1/s1. The summed E-state index contributed by atoms with van der Waals surface area (Å²) in [7, 11) is 0. The van der Waals surface area contributed by atoms with Gasteiger partial charge in [-0.15, -0.1) is 0 Å². The van der Waals surface area contributed by atoms with Crippen LogP contribution in [0.15, 0.2) is 47.0 Å². The Bertz CT molecular complexity index is 719. The van der Waals surface area contributed by atoms with Crippen molar-refractivity contribution in [3.8, 4) is 11.3 Å². The number of hydrogen-bond donors (Lipinski definition) is 0. The van der Waals surface area contributed by atoms with Gasteiger partial charge in [-0.3, -0.25) is 0 Å². The van der Waals surface area contributed by atoms with Crippen LogP contribution in [-0.4, -0.2) is 5.16 Å². The summed E-state index contributed by atoms with van der Waals surface area (Å²) in [6.07, 6.45) is 0. The Morgan fingerprint density at radius 1 is 1.16 bits per heavy atom. The van der Waals surface area contributed by atoms with Crippen LogP contribution in [0.25, 0.3) is 22.2 Å². The molecular formula is C15H11BrClNO. The first kappa shape index (κ1) is 12.7. The molecule has 96 valence electrons. The van der Waals surface area contributed by atoms with Crippen molar-refractivity contribution in [1.82, 2.24) is 5.16 Å². The molecule has 0 unspecified atom stereocenters. The topological polar surface area (TPSA) is 26.0 Å². The molecule has 0 saturated carbocycles. The third-order valence-electron chi connectivity index (χ3n) is 3.07. The van der Waals surface area contributed by atoms with E-state index in [4.69, 9.17) is 16.1 Å². The number of alkyl halides is 1. The molecule has 3 aromatic rings. The van der Waals surface area contributed by atoms with Gasteiger partial charge in [0.1, 0.15) is 5.69 Å². The Kier molecular flexibility index (Phi) is 3.33. The number of rotatable bonds is 2. The third-order valence-corrected chi connectivity index (χ3v) is 3.85. The molecule has 1 atom stereocenters. The van der Waals surface area contributed by atoms with Gasteiger partial charge in [-0.1, -0.05) is 50.9 Å². The maximum atomic E-state index is 5.91. The van der Waals surface area contributed by atoms with Crippen LogP contribution in [0.1, 0.15) is 17.3 Å². The molecule has 0 fully saturated rings. The molecule has 0 saturated heterocycles. The molecule has 1 aromatic heterocycles. The molecule has 0 radical (unpaired) electrons. The van der Waals surface area contributed by atoms with Crippen molar-refractivity contribution in [1.29, 1.82) is 0 Å². The van der Waals surface area contributed by atoms with Crippen LogP contribution in [0.5, 0.6) is 0 Å². The molecule has 19 heavy (non-hydrogen) atoms. The first-order valence-corrected chi connectivity index (χ1v) is 7.24. The van der Waals surface area contributed by atoms with Crippen LogP contribution in [0, 0.1) is 0 Å². The molecular weight excluding hydrogens is 326 g/mol. The fourth-order valence-electron chi connectivity index (χ4n) is 2.02. The predicted molar refractivity (Wildman–Crippen MR) is 81.8 cm³/mol. The quantitative estimate of drug-likeness (QED) is 0.569. The Labute approximate surface area is 124 Å².